The number of carbonyl (C=O) groups is 4. The molecule has 8 heteroatoms. The maximum atomic E-state index is 11.1. The Bertz CT molecular complexity index is 427. The topological polar surface area (TPSA) is 149 Å². The lowest BCUT2D eigenvalue weighted by Gasteiger charge is -2.23. The summed E-state index contributed by atoms with van der Waals surface area (Å²) in [6.45, 7) is 4.34. The van der Waals surface area contributed by atoms with Gasteiger partial charge >= 0.3 is 23.9 Å². The van der Waals surface area contributed by atoms with E-state index in [1.54, 1.807) is 0 Å². The Morgan fingerprint density at radius 2 is 1.35 bits per heavy atom. The summed E-state index contributed by atoms with van der Waals surface area (Å²) >= 11 is 0. The van der Waals surface area contributed by atoms with Crippen molar-refractivity contribution in [1.82, 2.24) is 0 Å². The molecule has 4 atom stereocenters. The summed E-state index contributed by atoms with van der Waals surface area (Å²) in [7, 11) is 0. The van der Waals surface area contributed by atoms with Gasteiger partial charge in [-0.15, -0.1) is 6.58 Å². The minimum atomic E-state index is -1.56. The third-order valence-corrected chi connectivity index (χ3v) is 3.11. The fourth-order valence-electron chi connectivity index (χ4n) is 1.80. The highest BCUT2D eigenvalue weighted by Crippen LogP contribution is 2.27. The molecule has 0 bridgehead atoms. The number of aliphatic carboxylic acids is 4. The lowest BCUT2D eigenvalue weighted by atomic mass is 9.79. The van der Waals surface area contributed by atoms with E-state index in [0.717, 1.165) is 13.0 Å². The van der Waals surface area contributed by atoms with E-state index in [0.29, 0.717) is 0 Å². The Morgan fingerprint density at radius 3 is 1.60 bits per heavy atom. The molecule has 8 nitrogen and oxygen atoms in total. The highest BCUT2D eigenvalue weighted by Gasteiger charge is 2.39. The van der Waals surface area contributed by atoms with E-state index >= 15 is 0 Å². The molecule has 0 fully saturated rings. The molecule has 0 aliphatic rings. The van der Waals surface area contributed by atoms with Crippen LogP contribution in [-0.4, -0.2) is 44.3 Å². The van der Waals surface area contributed by atoms with Crippen molar-refractivity contribution in [2.45, 2.75) is 13.3 Å². The summed E-state index contributed by atoms with van der Waals surface area (Å²) < 4.78 is 0. The Kier molecular flexibility index (Phi) is 6.40. The van der Waals surface area contributed by atoms with Gasteiger partial charge in [0.15, 0.2) is 0 Å². The fraction of sp³-hybridized carbons (Fsp3) is 0.500. The molecule has 0 spiro atoms. The monoisotopic (exact) mass is 288 g/mol. The van der Waals surface area contributed by atoms with E-state index in [1.807, 2.05) is 0 Å². The zero-order chi connectivity index (χ0) is 16.0. The summed E-state index contributed by atoms with van der Waals surface area (Å²) in [5.41, 5.74) is 0. The largest absolute Gasteiger partial charge is 0.481 e. The molecule has 0 aromatic heterocycles. The SMILES string of the molecule is C=CC(C(=O)O)C(CC(C(=O)O)C(C)C(=O)O)C(=O)O. The quantitative estimate of drug-likeness (QED) is 0.445. The highest BCUT2D eigenvalue weighted by molar-refractivity contribution is 5.83. The van der Waals surface area contributed by atoms with Crippen LogP contribution in [0, 0.1) is 23.7 Å². The minimum absolute atomic E-state index is 0.610. The van der Waals surface area contributed by atoms with Crippen LogP contribution >= 0.6 is 0 Å². The molecular weight excluding hydrogens is 272 g/mol. The summed E-state index contributed by atoms with van der Waals surface area (Å²) in [6, 6.07) is 0. The van der Waals surface area contributed by atoms with Crippen molar-refractivity contribution in [3.05, 3.63) is 12.7 Å². The van der Waals surface area contributed by atoms with E-state index in [4.69, 9.17) is 20.4 Å². The van der Waals surface area contributed by atoms with Gasteiger partial charge in [0.1, 0.15) is 0 Å². The molecular formula is C12H16O8. The lowest BCUT2D eigenvalue weighted by Crippen LogP contribution is -2.36. The average molecular weight is 288 g/mol. The molecule has 0 aliphatic carbocycles. The number of rotatable bonds is 9. The summed E-state index contributed by atoms with van der Waals surface area (Å²) in [6.07, 6.45) is 0.284. The molecule has 0 heterocycles. The molecule has 4 unspecified atom stereocenters. The molecule has 0 aliphatic heterocycles. The first-order valence-electron chi connectivity index (χ1n) is 5.67. The smallest absolute Gasteiger partial charge is 0.311 e. The van der Waals surface area contributed by atoms with Gasteiger partial charge in [-0.2, -0.15) is 0 Å². The number of carboxylic acids is 4. The van der Waals surface area contributed by atoms with Gasteiger partial charge in [-0.3, -0.25) is 19.2 Å². The molecule has 0 rings (SSSR count). The zero-order valence-electron chi connectivity index (χ0n) is 10.7. The molecule has 0 saturated heterocycles. The lowest BCUT2D eigenvalue weighted by molar-refractivity contribution is -0.158. The van der Waals surface area contributed by atoms with Gasteiger partial charge < -0.3 is 20.4 Å². The van der Waals surface area contributed by atoms with Gasteiger partial charge in [-0.25, -0.2) is 0 Å². The Balaban J connectivity index is 5.36. The van der Waals surface area contributed by atoms with Crippen LogP contribution in [0.3, 0.4) is 0 Å². The van der Waals surface area contributed by atoms with E-state index < -0.39 is 54.0 Å². The first-order valence-corrected chi connectivity index (χ1v) is 5.67. The number of carboxylic acid groups (broad SMARTS) is 4. The second-order valence-corrected chi connectivity index (χ2v) is 4.35. The summed E-state index contributed by atoms with van der Waals surface area (Å²) in [5, 5.41) is 35.7. The standard InChI is InChI=1S/C12H16O8/c1-3-6(10(15)16)8(12(19)20)4-7(11(17)18)5(2)9(13)14/h3,5-8H,1,4H2,2H3,(H,13,14)(H,15,16)(H,17,18)(H,19,20). The number of hydrogen-bond donors (Lipinski definition) is 4. The van der Waals surface area contributed by atoms with Crippen LogP contribution in [0.1, 0.15) is 13.3 Å². The molecule has 20 heavy (non-hydrogen) atoms. The summed E-state index contributed by atoms with van der Waals surface area (Å²) in [5.74, 6) is -11.8. The van der Waals surface area contributed by atoms with Crippen molar-refractivity contribution in [2.75, 3.05) is 0 Å². The van der Waals surface area contributed by atoms with Crippen LogP contribution in [0.2, 0.25) is 0 Å². The third-order valence-electron chi connectivity index (χ3n) is 3.11. The zero-order valence-corrected chi connectivity index (χ0v) is 10.7. The minimum Gasteiger partial charge on any atom is -0.481 e. The van der Waals surface area contributed by atoms with Crippen molar-refractivity contribution in [3.63, 3.8) is 0 Å². The first kappa shape index (κ1) is 17.6. The molecule has 4 N–H and O–H groups in total. The molecule has 0 radical (unpaired) electrons. The fourth-order valence-corrected chi connectivity index (χ4v) is 1.80. The van der Waals surface area contributed by atoms with Crippen LogP contribution in [0.4, 0.5) is 0 Å². The molecule has 0 aromatic rings. The number of hydrogen-bond acceptors (Lipinski definition) is 4. The predicted octanol–water partition coefficient (Wildman–Crippen LogP) is 0.386. The van der Waals surface area contributed by atoms with E-state index in [9.17, 15) is 19.2 Å². The average Bonchev–Trinajstić information content (AvgIpc) is 2.31. The van der Waals surface area contributed by atoms with Gasteiger partial charge in [0.2, 0.25) is 0 Å². The van der Waals surface area contributed by atoms with Gasteiger partial charge in [0, 0.05) is 0 Å². The third kappa shape index (κ3) is 4.38. The van der Waals surface area contributed by atoms with Crippen molar-refractivity contribution in [3.8, 4) is 0 Å². The summed E-state index contributed by atoms with van der Waals surface area (Å²) in [4.78, 5) is 43.9. The van der Waals surface area contributed by atoms with Gasteiger partial charge in [-0.1, -0.05) is 13.0 Å². The van der Waals surface area contributed by atoms with Gasteiger partial charge in [0.25, 0.3) is 0 Å². The first-order chi connectivity index (χ1) is 9.13. The van der Waals surface area contributed by atoms with Gasteiger partial charge in [-0.05, 0) is 6.42 Å². The highest BCUT2D eigenvalue weighted by atomic mass is 16.4. The normalized spacial score (nSPS) is 16.4. The van der Waals surface area contributed by atoms with Crippen molar-refractivity contribution >= 4 is 23.9 Å². The van der Waals surface area contributed by atoms with Crippen molar-refractivity contribution < 1.29 is 39.6 Å². The van der Waals surface area contributed by atoms with Crippen LogP contribution in [0.5, 0.6) is 0 Å². The maximum Gasteiger partial charge on any atom is 0.311 e. The van der Waals surface area contributed by atoms with Crippen LogP contribution in [0.15, 0.2) is 12.7 Å². The van der Waals surface area contributed by atoms with Crippen LogP contribution in [-0.2, 0) is 19.2 Å². The van der Waals surface area contributed by atoms with E-state index in [1.165, 1.54) is 0 Å². The van der Waals surface area contributed by atoms with Gasteiger partial charge in [0.05, 0.1) is 23.7 Å². The molecule has 0 saturated carbocycles. The Hall–Kier alpha value is -2.38. The maximum absolute atomic E-state index is 11.1. The van der Waals surface area contributed by atoms with Crippen molar-refractivity contribution in [2.24, 2.45) is 23.7 Å². The second kappa shape index (κ2) is 7.27. The van der Waals surface area contributed by atoms with E-state index in [2.05, 4.69) is 6.58 Å². The Morgan fingerprint density at radius 1 is 0.900 bits per heavy atom. The Labute approximate surface area is 114 Å². The van der Waals surface area contributed by atoms with Crippen LogP contribution < -0.4 is 0 Å². The van der Waals surface area contributed by atoms with E-state index in [-0.39, 0.29) is 0 Å². The molecule has 0 amide bonds. The second-order valence-electron chi connectivity index (χ2n) is 4.35. The van der Waals surface area contributed by atoms with Crippen molar-refractivity contribution in [1.29, 1.82) is 0 Å². The predicted molar refractivity (Wildman–Crippen MR) is 65.0 cm³/mol. The van der Waals surface area contributed by atoms with Crippen LogP contribution in [0.25, 0.3) is 0 Å². The molecule has 0 aromatic carbocycles. The molecule has 112 valence electrons.